The van der Waals surface area contributed by atoms with Gasteiger partial charge in [0.05, 0.1) is 6.07 Å². The lowest BCUT2D eigenvalue weighted by molar-refractivity contribution is -0.130. The molecular weight excluding hydrogens is 176 g/mol. The molecule has 1 fully saturated rings. The van der Waals surface area contributed by atoms with E-state index in [0.29, 0.717) is 12.3 Å². The van der Waals surface area contributed by atoms with Crippen LogP contribution in [0.4, 0.5) is 0 Å². The van der Waals surface area contributed by atoms with Gasteiger partial charge in [-0.1, -0.05) is 6.42 Å². The lowest BCUT2D eigenvalue weighted by Crippen LogP contribution is -2.31. The maximum atomic E-state index is 11.5. The molecule has 14 heavy (non-hydrogen) atoms. The minimum atomic E-state index is 0.305. The van der Waals surface area contributed by atoms with Crippen LogP contribution in [-0.4, -0.2) is 23.9 Å². The van der Waals surface area contributed by atoms with E-state index < -0.39 is 0 Å². The lowest BCUT2D eigenvalue weighted by Gasteiger charge is -2.19. The Bertz CT molecular complexity index is 220. The van der Waals surface area contributed by atoms with Crippen molar-refractivity contribution < 1.29 is 4.79 Å². The fraction of sp³-hybridized carbons (Fsp3) is 0.818. The zero-order chi connectivity index (χ0) is 10.2. The highest BCUT2D eigenvalue weighted by Gasteiger charge is 2.15. The van der Waals surface area contributed by atoms with Crippen LogP contribution in [0.2, 0.25) is 0 Å². The van der Waals surface area contributed by atoms with Gasteiger partial charge in [-0.3, -0.25) is 4.79 Å². The molecule has 1 rings (SSSR count). The van der Waals surface area contributed by atoms with Gasteiger partial charge < -0.3 is 4.90 Å². The molecule has 78 valence electrons. The molecule has 0 unspecified atom stereocenters. The van der Waals surface area contributed by atoms with E-state index in [2.05, 4.69) is 6.07 Å². The molecule has 1 amide bonds. The molecule has 1 heterocycles. The van der Waals surface area contributed by atoms with E-state index in [4.69, 9.17) is 5.26 Å². The quantitative estimate of drug-likeness (QED) is 0.643. The maximum Gasteiger partial charge on any atom is 0.222 e. The summed E-state index contributed by atoms with van der Waals surface area (Å²) in [5.74, 6) is 0.305. The molecule has 0 aliphatic carbocycles. The average molecular weight is 194 g/mol. The first-order valence-corrected chi connectivity index (χ1v) is 5.49. The second-order valence-electron chi connectivity index (χ2n) is 3.81. The van der Waals surface area contributed by atoms with E-state index in [9.17, 15) is 4.79 Å². The summed E-state index contributed by atoms with van der Waals surface area (Å²) in [5.41, 5.74) is 0. The number of likely N-dealkylation sites (tertiary alicyclic amines) is 1. The predicted octanol–water partition coefficient (Wildman–Crippen LogP) is 2.08. The zero-order valence-electron chi connectivity index (χ0n) is 8.67. The van der Waals surface area contributed by atoms with Gasteiger partial charge >= 0.3 is 0 Å². The monoisotopic (exact) mass is 194 g/mol. The Morgan fingerprint density at radius 3 is 2.93 bits per heavy atom. The fourth-order valence-corrected chi connectivity index (χ4v) is 1.78. The van der Waals surface area contributed by atoms with E-state index in [-0.39, 0.29) is 0 Å². The first-order chi connectivity index (χ1) is 6.84. The van der Waals surface area contributed by atoms with Crippen LogP contribution in [0.1, 0.15) is 44.9 Å². The van der Waals surface area contributed by atoms with E-state index >= 15 is 0 Å². The number of nitriles is 1. The second-order valence-corrected chi connectivity index (χ2v) is 3.81. The molecule has 0 bridgehead atoms. The third-order valence-electron chi connectivity index (χ3n) is 2.64. The number of unbranched alkanes of at least 4 members (excludes halogenated alkanes) is 2. The molecule has 0 saturated carbocycles. The van der Waals surface area contributed by atoms with Gasteiger partial charge in [0.2, 0.25) is 5.91 Å². The van der Waals surface area contributed by atoms with Gasteiger partial charge in [0.25, 0.3) is 0 Å². The maximum absolute atomic E-state index is 11.5. The van der Waals surface area contributed by atoms with Gasteiger partial charge in [-0.05, 0) is 25.7 Å². The standard InChI is InChI=1S/C11H18N2O/c12-8-4-2-6-10-13-9-5-1-3-7-11(13)14/h1-7,9-10H2. The van der Waals surface area contributed by atoms with Gasteiger partial charge in [-0.2, -0.15) is 5.26 Å². The molecule has 0 aromatic heterocycles. The molecule has 3 heteroatoms. The number of rotatable bonds is 4. The molecule has 1 aliphatic heterocycles. The SMILES string of the molecule is N#CCCCCN1CCCCCC1=O. The van der Waals surface area contributed by atoms with Crippen molar-refractivity contribution >= 4 is 5.91 Å². The van der Waals surface area contributed by atoms with Gasteiger partial charge in [0, 0.05) is 25.9 Å². The Balaban J connectivity index is 2.20. The topological polar surface area (TPSA) is 44.1 Å². The van der Waals surface area contributed by atoms with E-state index in [1.807, 2.05) is 4.90 Å². The lowest BCUT2D eigenvalue weighted by atomic mass is 10.2. The summed E-state index contributed by atoms with van der Waals surface area (Å²) in [4.78, 5) is 13.5. The van der Waals surface area contributed by atoms with E-state index in [1.165, 1.54) is 6.42 Å². The molecule has 0 aromatic carbocycles. The van der Waals surface area contributed by atoms with Crippen molar-refractivity contribution in [2.75, 3.05) is 13.1 Å². The normalized spacial score (nSPS) is 17.6. The molecule has 0 N–H and O–H groups in total. The summed E-state index contributed by atoms with van der Waals surface area (Å²) in [7, 11) is 0. The van der Waals surface area contributed by atoms with Crippen LogP contribution in [0.25, 0.3) is 0 Å². The number of carbonyl (C=O) groups is 1. The van der Waals surface area contributed by atoms with Gasteiger partial charge in [-0.25, -0.2) is 0 Å². The molecule has 0 spiro atoms. The van der Waals surface area contributed by atoms with Gasteiger partial charge in [0.15, 0.2) is 0 Å². The minimum Gasteiger partial charge on any atom is -0.343 e. The third kappa shape index (κ3) is 3.78. The molecule has 1 aliphatic rings. The Morgan fingerprint density at radius 2 is 2.14 bits per heavy atom. The van der Waals surface area contributed by atoms with Crippen LogP contribution in [0, 0.1) is 11.3 Å². The summed E-state index contributed by atoms with van der Waals surface area (Å²) in [5, 5.41) is 8.37. The van der Waals surface area contributed by atoms with Crippen LogP contribution in [-0.2, 0) is 4.79 Å². The van der Waals surface area contributed by atoms with Crippen LogP contribution in [0.3, 0.4) is 0 Å². The molecule has 3 nitrogen and oxygen atoms in total. The summed E-state index contributed by atoms with van der Waals surface area (Å²) < 4.78 is 0. The van der Waals surface area contributed by atoms with Crippen molar-refractivity contribution in [2.45, 2.75) is 44.9 Å². The molecule has 0 aromatic rings. The van der Waals surface area contributed by atoms with Crippen LogP contribution in [0.15, 0.2) is 0 Å². The number of amides is 1. The third-order valence-corrected chi connectivity index (χ3v) is 2.64. The Kier molecular flexibility index (Phi) is 5.06. The van der Waals surface area contributed by atoms with Gasteiger partial charge in [-0.15, -0.1) is 0 Å². The van der Waals surface area contributed by atoms with Crippen molar-refractivity contribution in [3.05, 3.63) is 0 Å². The van der Waals surface area contributed by atoms with E-state index in [0.717, 1.165) is 45.2 Å². The highest BCUT2D eigenvalue weighted by molar-refractivity contribution is 5.76. The fourth-order valence-electron chi connectivity index (χ4n) is 1.78. The predicted molar refractivity (Wildman–Crippen MR) is 54.5 cm³/mol. The summed E-state index contributed by atoms with van der Waals surface area (Å²) in [6.07, 6.45) is 6.60. The van der Waals surface area contributed by atoms with Crippen LogP contribution in [0.5, 0.6) is 0 Å². The Labute approximate surface area is 85.7 Å². The average Bonchev–Trinajstić information content (AvgIpc) is 2.39. The number of nitrogens with zero attached hydrogens (tertiary/aromatic N) is 2. The highest BCUT2D eigenvalue weighted by Crippen LogP contribution is 2.11. The van der Waals surface area contributed by atoms with Crippen molar-refractivity contribution in [1.29, 1.82) is 5.26 Å². The second kappa shape index (κ2) is 6.42. The highest BCUT2D eigenvalue weighted by atomic mass is 16.2. The number of hydrogen-bond acceptors (Lipinski definition) is 2. The molecule has 1 saturated heterocycles. The first kappa shape index (κ1) is 11.0. The van der Waals surface area contributed by atoms with Gasteiger partial charge in [0.1, 0.15) is 0 Å². The summed E-state index contributed by atoms with van der Waals surface area (Å²) in [6, 6.07) is 2.13. The molecule has 0 atom stereocenters. The first-order valence-electron chi connectivity index (χ1n) is 5.49. The van der Waals surface area contributed by atoms with Crippen LogP contribution >= 0.6 is 0 Å². The largest absolute Gasteiger partial charge is 0.343 e. The van der Waals surface area contributed by atoms with Crippen LogP contribution < -0.4 is 0 Å². The number of hydrogen-bond donors (Lipinski definition) is 0. The Morgan fingerprint density at radius 1 is 1.29 bits per heavy atom. The smallest absolute Gasteiger partial charge is 0.222 e. The summed E-state index contributed by atoms with van der Waals surface area (Å²) >= 11 is 0. The minimum absolute atomic E-state index is 0.305. The van der Waals surface area contributed by atoms with Crippen molar-refractivity contribution in [1.82, 2.24) is 4.90 Å². The van der Waals surface area contributed by atoms with Crippen molar-refractivity contribution in [3.8, 4) is 6.07 Å². The zero-order valence-corrected chi connectivity index (χ0v) is 8.67. The summed E-state index contributed by atoms with van der Waals surface area (Å²) in [6.45, 7) is 1.77. The number of carbonyl (C=O) groups excluding carboxylic acids is 1. The molecular formula is C11H18N2O. The van der Waals surface area contributed by atoms with E-state index in [1.54, 1.807) is 0 Å². The van der Waals surface area contributed by atoms with Crippen molar-refractivity contribution in [2.24, 2.45) is 0 Å². The molecule has 0 radical (unpaired) electrons. The van der Waals surface area contributed by atoms with Crippen molar-refractivity contribution in [3.63, 3.8) is 0 Å². The Hall–Kier alpha value is -1.04.